The van der Waals surface area contributed by atoms with Crippen LogP contribution in [-0.4, -0.2) is 37.7 Å². The van der Waals surface area contributed by atoms with Crippen molar-refractivity contribution in [3.05, 3.63) is 23.8 Å². The van der Waals surface area contributed by atoms with Crippen molar-refractivity contribution in [2.45, 2.75) is 13.0 Å². The highest BCUT2D eigenvalue weighted by Crippen LogP contribution is 2.27. The average molecular weight is 268 g/mol. The van der Waals surface area contributed by atoms with Gasteiger partial charge in [-0.2, -0.15) is 0 Å². The minimum atomic E-state index is 0.550. The molecule has 0 aromatic heterocycles. The number of methoxy groups -OCH3 is 2. The number of hydrogen-bond donors (Lipinski definition) is 1. The van der Waals surface area contributed by atoms with Gasteiger partial charge in [-0.3, -0.25) is 0 Å². The zero-order valence-corrected chi connectivity index (χ0v) is 11.9. The summed E-state index contributed by atoms with van der Waals surface area (Å²) in [4.78, 5) is 2.72. The molecule has 1 aromatic rings. The highest BCUT2D eigenvalue weighted by atomic mass is 32.1. The van der Waals surface area contributed by atoms with Crippen LogP contribution < -0.4 is 15.2 Å². The van der Waals surface area contributed by atoms with Crippen molar-refractivity contribution in [1.29, 1.82) is 0 Å². The van der Waals surface area contributed by atoms with E-state index in [2.05, 4.69) is 4.90 Å². The monoisotopic (exact) mass is 268 g/mol. The summed E-state index contributed by atoms with van der Waals surface area (Å²) in [7, 11) is 5.30. The molecule has 0 spiro atoms. The Bertz CT molecular complexity index is 410. The summed E-state index contributed by atoms with van der Waals surface area (Å²) >= 11 is 4.87. The number of rotatable bonds is 7. The van der Waals surface area contributed by atoms with E-state index in [1.165, 1.54) is 0 Å². The summed E-state index contributed by atoms with van der Waals surface area (Å²) in [5.41, 5.74) is 6.65. The van der Waals surface area contributed by atoms with Gasteiger partial charge in [0, 0.05) is 19.5 Å². The maximum atomic E-state index is 5.49. The number of ether oxygens (including phenoxy) is 2. The Morgan fingerprint density at radius 1 is 1.28 bits per heavy atom. The zero-order valence-electron chi connectivity index (χ0n) is 11.1. The first-order valence-electron chi connectivity index (χ1n) is 5.74. The van der Waals surface area contributed by atoms with Crippen LogP contribution in [0.1, 0.15) is 12.0 Å². The van der Waals surface area contributed by atoms with Gasteiger partial charge < -0.3 is 20.1 Å². The molecule has 0 aliphatic rings. The number of nitrogens with two attached hydrogens (primary N) is 1. The normalized spacial score (nSPS) is 10.4. The molecule has 0 aliphatic carbocycles. The second kappa shape index (κ2) is 7.18. The number of thiocarbonyl (C=S) groups is 1. The lowest BCUT2D eigenvalue weighted by atomic mass is 10.2. The summed E-state index contributed by atoms with van der Waals surface area (Å²) in [6, 6.07) is 5.92. The fraction of sp³-hybridized carbons (Fsp3) is 0.462. The van der Waals surface area contributed by atoms with Crippen molar-refractivity contribution in [3.8, 4) is 11.5 Å². The summed E-state index contributed by atoms with van der Waals surface area (Å²) in [6.45, 7) is 1.67. The van der Waals surface area contributed by atoms with Crippen LogP contribution >= 0.6 is 12.2 Å². The number of benzene rings is 1. The first-order valence-corrected chi connectivity index (χ1v) is 6.15. The third-order valence-electron chi connectivity index (χ3n) is 2.64. The molecule has 0 radical (unpaired) electrons. The van der Waals surface area contributed by atoms with Crippen LogP contribution in [0.4, 0.5) is 0 Å². The first kappa shape index (κ1) is 14.7. The largest absolute Gasteiger partial charge is 0.493 e. The second-order valence-electron chi connectivity index (χ2n) is 4.14. The fourth-order valence-electron chi connectivity index (χ4n) is 1.67. The SMILES string of the molecule is COc1ccc(CN(C)CCC(N)=S)cc1OC. The third kappa shape index (κ3) is 4.50. The lowest BCUT2D eigenvalue weighted by molar-refractivity contribution is 0.332. The van der Waals surface area contributed by atoms with E-state index in [1.54, 1.807) is 14.2 Å². The molecule has 0 saturated carbocycles. The molecule has 100 valence electrons. The molecule has 18 heavy (non-hydrogen) atoms. The van der Waals surface area contributed by atoms with Gasteiger partial charge in [0.15, 0.2) is 11.5 Å². The molecule has 0 atom stereocenters. The van der Waals surface area contributed by atoms with Crippen molar-refractivity contribution in [2.24, 2.45) is 5.73 Å². The van der Waals surface area contributed by atoms with Crippen molar-refractivity contribution in [3.63, 3.8) is 0 Å². The summed E-state index contributed by atoms with van der Waals surface area (Å²) in [6.07, 6.45) is 0.735. The predicted octanol–water partition coefficient (Wildman–Crippen LogP) is 1.81. The Hall–Kier alpha value is -1.33. The van der Waals surface area contributed by atoms with Crippen LogP contribution in [0, 0.1) is 0 Å². The average Bonchev–Trinajstić information content (AvgIpc) is 2.36. The van der Waals surface area contributed by atoms with Crippen LogP contribution in [0.25, 0.3) is 0 Å². The van der Waals surface area contributed by atoms with Crippen molar-refractivity contribution < 1.29 is 9.47 Å². The van der Waals surface area contributed by atoms with Gasteiger partial charge in [0.1, 0.15) is 0 Å². The summed E-state index contributed by atoms with van der Waals surface area (Å²) in [5.74, 6) is 1.49. The van der Waals surface area contributed by atoms with E-state index in [-0.39, 0.29) is 0 Å². The minimum absolute atomic E-state index is 0.550. The van der Waals surface area contributed by atoms with Gasteiger partial charge in [0.25, 0.3) is 0 Å². The fourth-order valence-corrected chi connectivity index (χ4v) is 1.76. The molecule has 1 rings (SSSR count). The van der Waals surface area contributed by atoms with Crippen molar-refractivity contribution in [2.75, 3.05) is 27.8 Å². The smallest absolute Gasteiger partial charge is 0.161 e. The summed E-state index contributed by atoms with van der Waals surface area (Å²) < 4.78 is 10.5. The highest BCUT2D eigenvalue weighted by Gasteiger charge is 2.06. The molecule has 0 heterocycles. The molecular formula is C13H20N2O2S. The molecule has 0 amide bonds. The van der Waals surface area contributed by atoms with E-state index >= 15 is 0 Å². The molecule has 0 saturated heterocycles. The summed E-state index contributed by atoms with van der Waals surface area (Å²) in [5, 5.41) is 0. The lowest BCUT2D eigenvalue weighted by Gasteiger charge is -2.17. The van der Waals surface area contributed by atoms with Crippen molar-refractivity contribution in [1.82, 2.24) is 4.90 Å². The van der Waals surface area contributed by atoms with Gasteiger partial charge in [-0.05, 0) is 24.7 Å². The quantitative estimate of drug-likeness (QED) is 0.764. The maximum absolute atomic E-state index is 5.49. The minimum Gasteiger partial charge on any atom is -0.493 e. The lowest BCUT2D eigenvalue weighted by Crippen LogP contribution is -2.23. The third-order valence-corrected chi connectivity index (χ3v) is 2.84. The number of nitrogens with zero attached hydrogens (tertiary/aromatic N) is 1. The van der Waals surface area contributed by atoms with E-state index in [0.29, 0.717) is 4.99 Å². The van der Waals surface area contributed by atoms with E-state index in [4.69, 9.17) is 27.4 Å². The Morgan fingerprint density at radius 2 is 1.94 bits per heavy atom. The molecule has 4 nitrogen and oxygen atoms in total. The van der Waals surface area contributed by atoms with Gasteiger partial charge in [-0.25, -0.2) is 0 Å². The maximum Gasteiger partial charge on any atom is 0.161 e. The van der Waals surface area contributed by atoms with E-state index in [9.17, 15) is 0 Å². The second-order valence-corrected chi connectivity index (χ2v) is 4.67. The predicted molar refractivity (Wildman–Crippen MR) is 77.3 cm³/mol. The Balaban J connectivity index is 2.64. The van der Waals surface area contributed by atoms with Crippen LogP contribution in [0.5, 0.6) is 11.5 Å². The molecular weight excluding hydrogens is 248 g/mol. The van der Waals surface area contributed by atoms with Gasteiger partial charge in [-0.15, -0.1) is 0 Å². The molecule has 1 aromatic carbocycles. The van der Waals surface area contributed by atoms with Gasteiger partial charge in [0.2, 0.25) is 0 Å². The number of hydrogen-bond acceptors (Lipinski definition) is 4. The first-order chi connectivity index (χ1) is 8.56. The topological polar surface area (TPSA) is 47.7 Å². The molecule has 0 aliphatic heterocycles. The van der Waals surface area contributed by atoms with E-state index in [0.717, 1.165) is 36.6 Å². The van der Waals surface area contributed by atoms with Crippen molar-refractivity contribution >= 4 is 17.2 Å². The molecule has 2 N–H and O–H groups in total. The van der Waals surface area contributed by atoms with Crippen LogP contribution in [0.3, 0.4) is 0 Å². The Morgan fingerprint density at radius 3 is 2.50 bits per heavy atom. The Kier molecular flexibility index (Phi) is 5.88. The molecule has 0 unspecified atom stereocenters. The molecule has 5 heteroatoms. The zero-order chi connectivity index (χ0) is 13.5. The van der Waals surface area contributed by atoms with Gasteiger partial charge in [-0.1, -0.05) is 18.3 Å². The van der Waals surface area contributed by atoms with E-state index in [1.807, 2.05) is 25.2 Å². The van der Waals surface area contributed by atoms with E-state index < -0.39 is 0 Å². The van der Waals surface area contributed by atoms with Gasteiger partial charge >= 0.3 is 0 Å². The van der Waals surface area contributed by atoms with Crippen LogP contribution in [0.15, 0.2) is 18.2 Å². The standard InChI is InChI=1S/C13H20N2O2S/c1-15(7-6-13(14)18)9-10-4-5-11(16-2)12(8-10)17-3/h4-5,8H,6-7,9H2,1-3H3,(H2,14,18). The van der Waals surface area contributed by atoms with Crippen LogP contribution in [-0.2, 0) is 6.54 Å². The molecule has 0 bridgehead atoms. The van der Waals surface area contributed by atoms with Crippen LogP contribution in [0.2, 0.25) is 0 Å². The highest BCUT2D eigenvalue weighted by molar-refractivity contribution is 7.80. The Labute approximate surface area is 114 Å². The molecule has 0 fully saturated rings. The van der Waals surface area contributed by atoms with Gasteiger partial charge in [0.05, 0.1) is 19.2 Å².